The van der Waals surface area contributed by atoms with E-state index in [9.17, 15) is 0 Å². The first-order valence-corrected chi connectivity index (χ1v) is 8.96. The standard InChI is InChI=1S/C22H22N2OS/c1-25-20-14-12-19(13-15-20)24-22(26)23-16-21(17-8-4-2-5-9-17)18-10-6-3-7-11-18/h2-15,21H,16H2,1H3,(H2,23,24,26). The minimum atomic E-state index is 0.230. The molecule has 3 aromatic rings. The van der Waals surface area contributed by atoms with Gasteiger partial charge in [0.1, 0.15) is 5.75 Å². The number of hydrogen-bond acceptors (Lipinski definition) is 2. The maximum absolute atomic E-state index is 5.46. The average molecular weight is 362 g/mol. The van der Waals surface area contributed by atoms with Gasteiger partial charge in [0.25, 0.3) is 0 Å². The van der Waals surface area contributed by atoms with E-state index in [1.807, 2.05) is 36.4 Å². The van der Waals surface area contributed by atoms with Crippen LogP contribution in [0.1, 0.15) is 17.0 Å². The first-order chi connectivity index (χ1) is 12.8. The third kappa shape index (κ3) is 4.83. The Morgan fingerprint density at radius 1 is 0.846 bits per heavy atom. The van der Waals surface area contributed by atoms with Crippen molar-refractivity contribution in [2.75, 3.05) is 19.0 Å². The van der Waals surface area contributed by atoms with Crippen molar-refractivity contribution in [3.05, 3.63) is 96.1 Å². The van der Waals surface area contributed by atoms with Crippen LogP contribution in [-0.2, 0) is 0 Å². The highest BCUT2D eigenvalue weighted by atomic mass is 32.1. The van der Waals surface area contributed by atoms with Crippen molar-refractivity contribution >= 4 is 23.0 Å². The second-order valence-corrected chi connectivity index (χ2v) is 6.35. The quantitative estimate of drug-likeness (QED) is 0.616. The Hall–Kier alpha value is -2.85. The summed E-state index contributed by atoms with van der Waals surface area (Å²) in [5.41, 5.74) is 3.45. The highest BCUT2D eigenvalue weighted by Gasteiger charge is 2.14. The van der Waals surface area contributed by atoms with Gasteiger partial charge >= 0.3 is 0 Å². The summed E-state index contributed by atoms with van der Waals surface area (Å²) in [6.45, 7) is 0.718. The number of nitrogens with one attached hydrogen (secondary N) is 2. The fourth-order valence-corrected chi connectivity index (χ4v) is 3.04. The third-order valence-electron chi connectivity index (χ3n) is 4.22. The van der Waals surface area contributed by atoms with Crippen molar-refractivity contribution in [2.45, 2.75) is 5.92 Å². The summed E-state index contributed by atoms with van der Waals surface area (Å²) in [6.07, 6.45) is 0. The highest BCUT2D eigenvalue weighted by molar-refractivity contribution is 7.80. The lowest BCUT2D eigenvalue weighted by molar-refractivity contribution is 0.415. The summed E-state index contributed by atoms with van der Waals surface area (Å²) in [6, 6.07) is 28.7. The van der Waals surface area contributed by atoms with Crippen LogP contribution in [0.4, 0.5) is 5.69 Å². The van der Waals surface area contributed by atoms with E-state index in [1.165, 1.54) is 11.1 Å². The Kier molecular flexibility index (Phi) is 6.23. The molecule has 26 heavy (non-hydrogen) atoms. The Morgan fingerprint density at radius 3 is 1.88 bits per heavy atom. The number of anilines is 1. The topological polar surface area (TPSA) is 33.3 Å². The Bertz CT molecular complexity index is 780. The fraction of sp³-hybridized carbons (Fsp3) is 0.136. The van der Waals surface area contributed by atoms with Gasteiger partial charge in [-0.1, -0.05) is 60.7 Å². The van der Waals surface area contributed by atoms with E-state index >= 15 is 0 Å². The van der Waals surface area contributed by atoms with Gasteiger partial charge < -0.3 is 15.4 Å². The molecule has 0 amide bonds. The van der Waals surface area contributed by atoms with Crippen LogP contribution in [0.25, 0.3) is 0 Å². The summed E-state index contributed by atoms with van der Waals surface area (Å²) < 4.78 is 5.17. The van der Waals surface area contributed by atoms with Crippen LogP contribution in [0, 0.1) is 0 Å². The summed E-state index contributed by atoms with van der Waals surface area (Å²) in [7, 11) is 1.65. The van der Waals surface area contributed by atoms with Crippen LogP contribution in [0.5, 0.6) is 5.75 Å². The number of hydrogen-bond donors (Lipinski definition) is 2. The molecule has 0 aromatic heterocycles. The van der Waals surface area contributed by atoms with Gasteiger partial charge in [0.2, 0.25) is 0 Å². The van der Waals surface area contributed by atoms with Crippen LogP contribution in [0.2, 0.25) is 0 Å². The van der Waals surface area contributed by atoms with E-state index in [-0.39, 0.29) is 5.92 Å². The number of ether oxygens (including phenoxy) is 1. The van der Waals surface area contributed by atoms with Gasteiger partial charge in [-0.3, -0.25) is 0 Å². The summed E-state index contributed by atoms with van der Waals surface area (Å²) in [5.74, 6) is 1.05. The van der Waals surface area contributed by atoms with Gasteiger partial charge in [-0.2, -0.15) is 0 Å². The zero-order valence-electron chi connectivity index (χ0n) is 14.7. The van der Waals surface area contributed by atoms with Crippen LogP contribution in [0.3, 0.4) is 0 Å². The van der Waals surface area contributed by atoms with Crippen LogP contribution in [-0.4, -0.2) is 18.8 Å². The summed E-state index contributed by atoms with van der Waals surface area (Å²) in [5, 5.41) is 7.17. The van der Waals surface area contributed by atoms with Gasteiger partial charge in [0.15, 0.2) is 5.11 Å². The Morgan fingerprint density at radius 2 is 1.38 bits per heavy atom. The second-order valence-electron chi connectivity index (χ2n) is 5.94. The van der Waals surface area contributed by atoms with Crippen molar-refractivity contribution in [1.82, 2.24) is 5.32 Å². The Balaban J connectivity index is 1.66. The van der Waals surface area contributed by atoms with Crippen molar-refractivity contribution < 1.29 is 4.74 Å². The fourth-order valence-electron chi connectivity index (χ4n) is 2.84. The van der Waals surface area contributed by atoms with E-state index < -0.39 is 0 Å². The average Bonchev–Trinajstić information content (AvgIpc) is 2.70. The minimum Gasteiger partial charge on any atom is -0.497 e. The molecule has 0 aliphatic heterocycles. The lowest BCUT2D eigenvalue weighted by Gasteiger charge is -2.20. The molecule has 0 radical (unpaired) electrons. The highest BCUT2D eigenvalue weighted by Crippen LogP contribution is 2.23. The molecule has 0 spiro atoms. The predicted octanol–water partition coefficient (Wildman–Crippen LogP) is 4.81. The van der Waals surface area contributed by atoms with Crippen molar-refractivity contribution in [1.29, 1.82) is 0 Å². The molecule has 0 saturated heterocycles. The van der Waals surface area contributed by atoms with E-state index in [2.05, 4.69) is 59.2 Å². The smallest absolute Gasteiger partial charge is 0.170 e. The molecule has 0 aliphatic carbocycles. The zero-order chi connectivity index (χ0) is 18.2. The van der Waals surface area contributed by atoms with Crippen molar-refractivity contribution in [3.63, 3.8) is 0 Å². The van der Waals surface area contributed by atoms with Crippen molar-refractivity contribution in [2.24, 2.45) is 0 Å². The zero-order valence-corrected chi connectivity index (χ0v) is 15.5. The molecule has 132 valence electrons. The molecule has 0 unspecified atom stereocenters. The molecule has 4 heteroatoms. The number of methoxy groups -OCH3 is 1. The van der Waals surface area contributed by atoms with Gasteiger partial charge in [-0.15, -0.1) is 0 Å². The molecule has 0 bridgehead atoms. The van der Waals surface area contributed by atoms with E-state index in [0.29, 0.717) is 5.11 Å². The number of rotatable bonds is 6. The van der Waals surface area contributed by atoms with Crippen LogP contribution >= 0.6 is 12.2 Å². The van der Waals surface area contributed by atoms with E-state index in [4.69, 9.17) is 17.0 Å². The first-order valence-electron chi connectivity index (χ1n) is 8.55. The van der Waals surface area contributed by atoms with Gasteiger partial charge in [-0.25, -0.2) is 0 Å². The molecule has 3 nitrogen and oxygen atoms in total. The van der Waals surface area contributed by atoms with Gasteiger partial charge in [0.05, 0.1) is 7.11 Å². The monoisotopic (exact) mass is 362 g/mol. The molecule has 0 aliphatic rings. The van der Waals surface area contributed by atoms with Gasteiger partial charge in [0, 0.05) is 18.2 Å². The van der Waals surface area contributed by atoms with E-state index in [1.54, 1.807) is 7.11 Å². The maximum atomic E-state index is 5.46. The van der Waals surface area contributed by atoms with Crippen LogP contribution in [0.15, 0.2) is 84.9 Å². The third-order valence-corrected chi connectivity index (χ3v) is 4.46. The molecule has 2 N–H and O–H groups in total. The molecule has 0 saturated carbocycles. The number of benzene rings is 3. The van der Waals surface area contributed by atoms with Crippen molar-refractivity contribution in [3.8, 4) is 5.75 Å². The van der Waals surface area contributed by atoms with E-state index in [0.717, 1.165) is 18.0 Å². The molecule has 3 aromatic carbocycles. The molecule has 3 rings (SSSR count). The lowest BCUT2D eigenvalue weighted by atomic mass is 9.91. The predicted molar refractivity (Wildman–Crippen MR) is 112 cm³/mol. The molecule has 0 fully saturated rings. The maximum Gasteiger partial charge on any atom is 0.170 e. The van der Waals surface area contributed by atoms with Gasteiger partial charge in [-0.05, 0) is 47.6 Å². The first kappa shape index (κ1) is 18.0. The SMILES string of the molecule is COc1ccc(NC(=S)NCC(c2ccccc2)c2ccccc2)cc1. The largest absolute Gasteiger partial charge is 0.497 e. The summed E-state index contributed by atoms with van der Waals surface area (Å²) >= 11 is 5.46. The number of thiocarbonyl (C=S) groups is 1. The Labute approximate surface area is 160 Å². The molecule has 0 atom stereocenters. The molecular formula is C22H22N2OS. The van der Waals surface area contributed by atoms with Crippen LogP contribution < -0.4 is 15.4 Å². The molecular weight excluding hydrogens is 340 g/mol. The lowest BCUT2D eigenvalue weighted by Crippen LogP contribution is -2.32. The second kappa shape index (κ2) is 9.02. The minimum absolute atomic E-state index is 0.230. The normalized spacial score (nSPS) is 10.4. The summed E-state index contributed by atoms with van der Waals surface area (Å²) in [4.78, 5) is 0. The molecule has 0 heterocycles.